The van der Waals surface area contributed by atoms with Crippen LogP contribution in [0.3, 0.4) is 0 Å². The van der Waals surface area contributed by atoms with Gasteiger partial charge in [0.2, 0.25) is 11.8 Å². The smallest absolute Gasteiger partial charge is 0.247 e. The van der Waals surface area contributed by atoms with E-state index in [2.05, 4.69) is 46.2 Å². The van der Waals surface area contributed by atoms with Crippen molar-refractivity contribution in [3.63, 3.8) is 0 Å². The van der Waals surface area contributed by atoms with E-state index < -0.39 is 0 Å². The molecule has 1 saturated heterocycles. The van der Waals surface area contributed by atoms with E-state index in [0.29, 0.717) is 17.8 Å². The molecule has 1 fully saturated rings. The van der Waals surface area contributed by atoms with Crippen molar-refractivity contribution in [3.05, 3.63) is 54.2 Å². The van der Waals surface area contributed by atoms with Gasteiger partial charge in [0.1, 0.15) is 0 Å². The van der Waals surface area contributed by atoms with Crippen LogP contribution in [0.25, 0.3) is 11.5 Å². The summed E-state index contributed by atoms with van der Waals surface area (Å²) in [5, 5.41) is 12.9. The van der Waals surface area contributed by atoms with Gasteiger partial charge < -0.3 is 4.42 Å². The van der Waals surface area contributed by atoms with Crippen molar-refractivity contribution in [1.82, 2.24) is 24.9 Å². The van der Waals surface area contributed by atoms with Crippen LogP contribution in [-0.2, 0) is 6.54 Å². The Morgan fingerprint density at radius 1 is 1.24 bits per heavy atom. The highest BCUT2D eigenvalue weighted by Crippen LogP contribution is 2.30. The van der Waals surface area contributed by atoms with Gasteiger partial charge in [-0.1, -0.05) is 17.7 Å². The second kappa shape index (κ2) is 6.80. The van der Waals surface area contributed by atoms with Gasteiger partial charge in [-0.25, -0.2) is 0 Å². The number of benzene rings is 1. The summed E-state index contributed by atoms with van der Waals surface area (Å²) in [6.07, 6.45) is 6.20. The van der Waals surface area contributed by atoms with E-state index in [9.17, 15) is 0 Å². The number of likely N-dealkylation sites (tertiary alicyclic amines) is 1. The van der Waals surface area contributed by atoms with Gasteiger partial charge >= 0.3 is 0 Å². The number of nitrogens with zero attached hydrogens (tertiary/aromatic N) is 5. The van der Waals surface area contributed by atoms with Crippen LogP contribution in [0, 0.1) is 6.92 Å². The van der Waals surface area contributed by atoms with Gasteiger partial charge in [0.05, 0.1) is 12.6 Å². The molecule has 2 aromatic heterocycles. The molecule has 0 spiro atoms. The first-order chi connectivity index (χ1) is 12.2. The molecular formula is C19H23N5O. The molecule has 130 valence electrons. The molecule has 6 nitrogen and oxygen atoms in total. The zero-order valence-corrected chi connectivity index (χ0v) is 14.7. The molecule has 3 aromatic rings. The molecular weight excluding hydrogens is 314 g/mol. The van der Waals surface area contributed by atoms with Crippen molar-refractivity contribution >= 4 is 0 Å². The molecule has 0 bridgehead atoms. The largest absolute Gasteiger partial charge is 0.419 e. The summed E-state index contributed by atoms with van der Waals surface area (Å²) in [6.45, 7) is 6.16. The zero-order chi connectivity index (χ0) is 17.2. The van der Waals surface area contributed by atoms with Crippen molar-refractivity contribution in [2.45, 2.75) is 45.3 Å². The second-order valence-corrected chi connectivity index (χ2v) is 6.75. The minimum atomic E-state index is 0.106. The lowest BCUT2D eigenvalue weighted by atomic mass is 10.1. The lowest BCUT2D eigenvalue weighted by Crippen LogP contribution is -2.35. The number of hydrogen-bond donors (Lipinski definition) is 0. The van der Waals surface area contributed by atoms with Crippen LogP contribution in [-0.4, -0.2) is 37.5 Å². The minimum absolute atomic E-state index is 0.106. The van der Waals surface area contributed by atoms with E-state index >= 15 is 0 Å². The third-order valence-corrected chi connectivity index (χ3v) is 4.97. The SMILES string of the molecule is Cc1ccc(-c2nnc(C(C)N3CCCC3Cn3cccn3)o2)cc1. The van der Waals surface area contributed by atoms with Gasteiger partial charge in [0.25, 0.3) is 0 Å². The third kappa shape index (κ3) is 3.35. The Morgan fingerprint density at radius 3 is 2.84 bits per heavy atom. The predicted octanol–water partition coefficient (Wildman–Crippen LogP) is 3.47. The van der Waals surface area contributed by atoms with Crippen LogP contribution in [0.15, 0.2) is 47.1 Å². The van der Waals surface area contributed by atoms with Gasteiger partial charge in [-0.2, -0.15) is 5.10 Å². The summed E-state index contributed by atoms with van der Waals surface area (Å²) in [5.74, 6) is 1.27. The monoisotopic (exact) mass is 337 g/mol. The summed E-state index contributed by atoms with van der Waals surface area (Å²) in [5.41, 5.74) is 2.18. The Bertz CT molecular complexity index is 809. The molecule has 3 heterocycles. The first-order valence-electron chi connectivity index (χ1n) is 8.84. The van der Waals surface area contributed by atoms with E-state index in [0.717, 1.165) is 18.7 Å². The van der Waals surface area contributed by atoms with E-state index in [4.69, 9.17) is 4.42 Å². The van der Waals surface area contributed by atoms with Gasteiger partial charge in [0, 0.05) is 24.0 Å². The lowest BCUT2D eigenvalue weighted by Gasteiger charge is -2.28. The minimum Gasteiger partial charge on any atom is -0.419 e. The number of aryl methyl sites for hydroxylation is 1. The Balaban J connectivity index is 1.50. The van der Waals surface area contributed by atoms with Crippen molar-refractivity contribution in [2.75, 3.05) is 6.54 Å². The Hall–Kier alpha value is -2.47. The average Bonchev–Trinajstić information content (AvgIpc) is 3.37. The molecule has 25 heavy (non-hydrogen) atoms. The summed E-state index contributed by atoms with van der Waals surface area (Å²) in [7, 11) is 0. The van der Waals surface area contributed by atoms with Crippen LogP contribution in [0.4, 0.5) is 0 Å². The first-order valence-corrected chi connectivity index (χ1v) is 8.84. The summed E-state index contributed by atoms with van der Waals surface area (Å²) in [4.78, 5) is 2.45. The van der Waals surface area contributed by atoms with Gasteiger partial charge in [0.15, 0.2) is 0 Å². The predicted molar refractivity (Wildman–Crippen MR) is 94.8 cm³/mol. The van der Waals surface area contributed by atoms with E-state index in [-0.39, 0.29) is 6.04 Å². The molecule has 1 aliphatic rings. The van der Waals surface area contributed by atoms with Crippen LogP contribution < -0.4 is 0 Å². The van der Waals surface area contributed by atoms with Crippen LogP contribution >= 0.6 is 0 Å². The zero-order valence-electron chi connectivity index (χ0n) is 14.7. The highest BCUT2D eigenvalue weighted by atomic mass is 16.4. The average molecular weight is 337 g/mol. The molecule has 1 aliphatic heterocycles. The van der Waals surface area contributed by atoms with Crippen LogP contribution in [0.5, 0.6) is 0 Å². The number of aromatic nitrogens is 4. The van der Waals surface area contributed by atoms with Crippen molar-refractivity contribution < 1.29 is 4.42 Å². The van der Waals surface area contributed by atoms with Gasteiger partial charge in [-0.15, -0.1) is 10.2 Å². The van der Waals surface area contributed by atoms with Crippen molar-refractivity contribution in [1.29, 1.82) is 0 Å². The maximum atomic E-state index is 5.98. The fraction of sp³-hybridized carbons (Fsp3) is 0.421. The maximum Gasteiger partial charge on any atom is 0.247 e. The topological polar surface area (TPSA) is 60.0 Å². The van der Waals surface area contributed by atoms with Crippen molar-refractivity contribution in [3.8, 4) is 11.5 Å². The first kappa shape index (κ1) is 16.0. The molecule has 4 rings (SSSR count). The normalized spacial score (nSPS) is 19.4. The fourth-order valence-corrected chi connectivity index (χ4v) is 3.55. The van der Waals surface area contributed by atoms with Gasteiger partial charge in [-0.05, 0) is 51.4 Å². The Kier molecular flexibility index (Phi) is 4.36. The van der Waals surface area contributed by atoms with E-state index in [1.54, 1.807) is 0 Å². The molecule has 1 aromatic carbocycles. The Labute approximate surface area is 147 Å². The third-order valence-electron chi connectivity index (χ3n) is 4.97. The number of hydrogen-bond acceptors (Lipinski definition) is 5. The van der Waals surface area contributed by atoms with Crippen LogP contribution in [0.2, 0.25) is 0 Å². The molecule has 2 atom stereocenters. The second-order valence-electron chi connectivity index (χ2n) is 6.75. The highest BCUT2D eigenvalue weighted by molar-refractivity contribution is 5.52. The molecule has 0 amide bonds. The molecule has 6 heteroatoms. The quantitative estimate of drug-likeness (QED) is 0.713. The van der Waals surface area contributed by atoms with Crippen molar-refractivity contribution in [2.24, 2.45) is 0 Å². The standard InChI is InChI=1S/C19H23N5O/c1-14-6-8-16(9-7-14)19-22-21-18(25-19)15(2)24-12-3-5-17(24)13-23-11-4-10-20-23/h4,6-11,15,17H,3,5,12-13H2,1-2H3. The number of rotatable bonds is 5. The summed E-state index contributed by atoms with van der Waals surface area (Å²) < 4.78 is 7.98. The molecule has 0 N–H and O–H groups in total. The molecule has 0 saturated carbocycles. The molecule has 0 aliphatic carbocycles. The maximum absolute atomic E-state index is 5.98. The highest BCUT2D eigenvalue weighted by Gasteiger charge is 2.32. The summed E-state index contributed by atoms with van der Waals surface area (Å²) in [6, 6.07) is 10.7. The lowest BCUT2D eigenvalue weighted by molar-refractivity contribution is 0.152. The fourth-order valence-electron chi connectivity index (χ4n) is 3.55. The molecule has 2 unspecified atom stereocenters. The van der Waals surface area contributed by atoms with E-state index in [1.165, 1.54) is 18.4 Å². The van der Waals surface area contributed by atoms with Crippen LogP contribution in [0.1, 0.15) is 37.3 Å². The molecule has 0 radical (unpaired) electrons. The van der Waals surface area contributed by atoms with Gasteiger partial charge in [-0.3, -0.25) is 9.58 Å². The Morgan fingerprint density at radius 2 is 2.08 bits per heavy atom. The summed E-state index contributed by atoms with van der Waals surface area (Å²) >= 11 is 0. The van der Waals surface area contributed by atoms with E-state index in [1.807, 2.05) is 35.3 Å².